The molecule has 1 fully saturated rings. The molecule has 0 bridgehead atoms. The maximum atomic E-state index is 12.8. The van der Waals surface area contributed by atoms with Crippen LogP contribution in [-0.2, 0) is 19.7 Å². The van der Waals surface area contributed by atoms with E-state index in [-0.39, 0.29) is 36.5 Å². The SMILES string of the molecule is CCOC(=O)C1(c2ccccc2)CCN(CCC(=O)Nc2ccc(OC(F)(F)F)cc2)CC1.Cl. The Labute approximate surface area is 202 Å². The van der Waals surface area contributed by atoms with E-state index >= 15 is 0 Å². The lowest BCUT2D eigenvalue weighted by Crippen LogP contribution is -2.48. The number of rotatable bonds is 8. The van der Waals surface area contributed by atoms with Crippen molar-refractivity contribution < 1.29 is 32.2 Å². The second-order valence-electron chi connectivity index (χ2n) is 7.88. The van der Waals surface area contributed by atoms with Crippen LogP contribution in [0.4, 0.5) is 18.9 Å². The van der Waals surface area contributed by atoms with Crippen molar-refractivity contribution >= 4 is 30.0 Å². The van der Waals surface area contributed by atoms with Gasteiger partial charge < -0.3 is 19.7 Å². The highest BCUT2D eigenvalue weighted by Crippen LogP contribution is 2.37. The van der Waals surface area contributed by atoms with Crippen LogP contribution < -0.4 is 10.1 Å². The number of likely N-dealkylation sites (tertiary alicyclic amines) is 1. The van der Waals surface area contributed by atoms with E-state index in [2.05, 4.69) is 15.0 Å². The number of ether oxygens (including phenoxy) is 2. The van der Waals surface area contributed by atoms with E-state index < -0.39 is 11.8 Å². The van der Waals surface area contributed by atoms with Crippen molar-refractivity contribution in [3.05, 3.63) is 60.2 Å². The summed E-state index contributed by atoms with van der Waals surface area (Å²) in [4.78, 5) is 27.2. The lowest BCUT2D eigenvalue weighted by atomic mass is 9.72. The third-order valence-corrected chi connectivity index (χ3v) is 5.73. The van der Waals surface area contributed by atoms with Gasteiger partial charge in [0.25, 0.3) is 0 Å². The number of halogens is 4. The first-order chi connectivity index (χ1) is 15.7. The number of hydrogen-bond donors (Lipinski definition) is 1. The van der Waals surface area contributed by atoms with Gasteiger partial charge in [0, 0.05) is 18.7 Å². The molecule has 0 spiro atoms. The van der Waals surface area contributed by atoms with Gasteiger partial charge in [-0.15, -0.1) is 25.6 Å². The summed E-state index contributed by atoms with van der Waals surface area (Å²) in [7, 11) is 0. The monoisotopic (exact) mass is 500 g/mol. The van der Waals surface area contributed by atoms with Gasteiger partial charge in [-0.3, -0.25) is 9.59 Å². The summed E-state index contributed by atoms with van der Waals surface area (Å²) in [5, 5.41) is 2.67. The molecule has 0 saturated carbocycles. The molecular formula is C24H28ClF3N2O4. The molecule has 2 aromatic carbocycles. The Bertz CT molecular complexity index is 931. The number of piperidine rings is 1. The van der Waals surface area contributed by atoms with Gasteiger partial charge in [0.05, 0.1) is 12.0 Å². The number of carbonyl (C=O) groups excluding carboxylic acids is 2. The molecule has 1 aliphatic rings. The minimum atomic E-state index is -4.76. The average molecular weight is 501 g/mol. The second kappa shape index (κ2) is 12.1. The molecular weight excluding hydrogens is 473 g/mol. The van der Waals surface area contributed by atoms with E-state index in [0.29, 0.717) is 44.8 Å². The van der Waals surface area contributed by atoms with E-state index in [4.69, 9.17) is 4.74 Å². The van der Waals surface area contributed by atoms with Gasteiger partial charge in [-0.25, -0.2) is 0 Å². The zero-order chi connectivity index (χ0) is 23.9. The molecule has 2 aromatic rings. The maximum absolute atomic E-state index is 12.8. The van der Waals surface area contributed by atoms with Crippen LogP contribution in [0.25, 0.3) is 0 Å². The van der Waals surface area contributed by atoms with Gasteiger partial charge >= 0.3 is 12.3 Å². The number of carbonyl (C=O) groups is 2. The fourth-order valence-electron chi connectivity index (χ4n) is 4.02. The molecule has 1 N–H and O–H groups in total. The zero-order valence-corrected chi connectivity index (χ0v) is 19.6. The Morgan fingerprint density at radius 3 is 2.21 bits per heavy atom. The molecule has 0 radical (unpaired) electrons. The fourth-order valence-corrected chi connectivity index (χ4v) is 4.02. The standard InChI is InChI=1S/C24H27F3N2O4.ClH/c1-2-32-22(31)23(18-6-4-3-5-7-18)13-16-29(17-14-23)15-12-21(30)28-19-8-10-20(11-9-19)33-24(25,26)27;/h3-11H,2,12-17H2,1H3,(H,28,30);1H. The van der Waals surface area contributed by atoms with Gasteiger partial charge in [-0.2, -0.15) is 0 Å². The highest BCUT2D eigenvalue weighted by Gasteiger charge is 2.44. The molecule has 10 heteroatoms. The lowest BCUT2D eigenvalue weighted by molar-refractivity contribution is -0.274. The molecule has 0 atom stereocenters. The van der Waals surface area contributed by atoms with E-state index in [9.17, 15) is 22.8 Å². The molecule has 1 saturated heterocycles. The molecule has 1 amide bonds. The third kappa shape index (κ3) is 7.36. The van der Waals surface area contributed by atoms with Crippen LogP contribution in [-0.4, -0.2) is 49.4 Å². The summed E-state index contributed by atoms with van der Waals surface area (Å²) in [5.41, 5.74) is 0.647. The van der Waals surface area contributed by atoms with Crippen molar-refractivity contribution in [1.82, 2.24) is 4.90 Å². The predicted octanol–water partition coefficient (Wildman–Crippen LogP) is 4.93. The highest BCUT2D eigenvalue weighted by molar-refractivity contribution is 5.90. The summed E-state index contributed by atoms with van der Waals surface area (Å²) < 4.78 is 45.9. The lowest BCUT2D eigenvalue weighted by Gasteiger charge is -2.40. The summed E-state index contributed by atoms with van der Waals surface area (Å²) >= 11 is 0. The number of alkyl halides is 3. The molecule has 3 rings (SSSR count). The number of nitrogens with zero attached hydrogens (tertiary/aromatic N) is 1. The molecule has 0 aliphatic carbocycles. The molecule has 1 aliphatic heterocycles. The Hall–Kier alpha value is -2.78. The first kappa shape index (κ1) is 27.5. The highest BCUT2D eigenvalue weighted by atomic mass is 35.5. The van der Waals surface area contributed by atoms with Crippen molar-refractivity contribution in [1.29, 1.82) is 0 Å². The van der Waals surface area contributed by atoms with Crippen LogP contribution in [0.2, 0.25) is 0 Å². The number of hydrogen-bond acceptors (Lipinski definition) is 5. The predicted molar refractivity (Wildman–Crippen MR) is 124 cm³/mol. The quantitative estimate of drug-likeness (QED) is 0.520. The first-order valence-corrected chi connectivity index (χ1v) is 10.8. The fraction of sp³-hybridized carbons (Fsp3) is 0.417. The van der Waals surface area contributed by atoms with Gasteiger partial charge in [0.15, 0.2) is 0 Å². The van der Waals surface area contributed by atoms with Gasteiger partial charge in [-0.05, 0) is 62.7 Å². The summed E-state index contributed by atoms with van der Waals surface area (Å²) in [6, 6.07) is 14.6. The number of nitrogens with one attached hydrogen (secondary N) is 1. The van der Waals surface area contributed by atoms with Gasteiger partial charge in [-0.1, -0.05) is 30.3 Å². The number of anilines is 1. The molecule has 0 unspecified atom stereocenters. The number of esters is 1. The van der Waals surface area contributed by atoms with Crippen molar-refractivity contribution in [2.24, 2.45) is 0 Å². The number of amides is 1. The normalized spacial score (nSPS) is 15.6. The molecule has 34 heavy (non-hydrogen) atoms. The second-order valence-corrected chi connectivity index (χ2v) is 7.88. The van der Waals surface area contributed by atoms with E-state index in [1.807, 2.05) is 30.3 Å². The summed E-state index contributed by atoms with van der Waals surface area (Å²) in [6.07, 6.45) is -3.35. The first-order valence-electron chi connectivity index (χ1n) is 10.8. The summed E-state index contributed by atoms with van der Waals surface area (Å²) in [6.45, 7) is 3.91. The van der Waals surface area contributed by atoms with Crippen LogP contribution in [0.3, 0.4) is 0 Å². The van der Waals surface area contributed by atoms with Crippen molar-refractivity contribution in [2.75, 3.05) is 31.6 Å². The van der Waals surface area contributed by atoms with E-state index in [0.717, 1.165) is 17.7 Å². The van der Waals surface area contributed by atoms with E-state index in [1.54, 1.807) is 6.92 Å². The minimum absolute atomic E-state index is 0. The Morgan fingerprint density at radius 2 is 1.65 bits per heavy atom. The van der Waals surface area contributed by atoms with Crippen LogP contribution in [0.5, 0.6) is 5.75 Å². The zero-order valence-electron chi connectivity index (χ0n) is 18.8. The van der Waals surface area contributed by atoms with Crippen LogP contribution in [0.15, 0.2) is 54.6 Å². The van der Waals surface area contributed by atoms with Crippen LogP contribution in [0, 0.1) is 0 Å². The smallest absolute Gasteiger partial charge is 0.465 e. The maximum Gasteiger partial charge on any atom is 0.573 e. The molecule has 1 heterocycles. The van der Waals surface area contributed by atoms with Crippen molar-refractivity contribution in [2.45, 2.75) is 38.0 Å². The molecule has 6 nitrogen and oxygen atoms in total. The Balaban J connectivity index is 0.00000408. The third-order valence-electron chi connectivity index (χ3n) is 5.73. The summed E-state index contributed by atoms with van der Waals surface area (Å²) in [5.74, 6) is -0.811. The molecule has 0 aromatic heterocycles. The van der Waals surface area contributed by atoms with Crippen LogP contribution in [0.1, 0.15) is 31.7 Å². The van der Waals surface area contributed by atoms with Gasteiger partial charge in [0.2, 0.25) is 5.91 Å². The largest absolute Gasteiger partial charge is 0.573 e. The Kier molecular flexibility index (Phi) is 9.76. The van der Waals surface area contributed by atoms with E-state index in [1.165, 1.54) is 12.1 Å². The van der Waals surface area contributed by atoms with Crippen molar-refractivity contribution in [3.8, 4) is 5.75 Å². The van der Waals surface area contributed by atoms with Crippen molar-refractivity contribution in [3.63, 3.8) is 0 Å². The average Bonchev–Trinajstić information content (AvgIpc) is 2.79. The Morgan fingerprint density at radius 1 is 1.03 bits per heavy atom. The van der Waals surface area contributed by atoms with Crippen LogP contribution >= 0.6 is 12.4 Å². The number of benzene rings is 2. The van der Waals surface area contributed by atoms with Gasteiger partial charge in [0.1, 0.15) is 5.75 Å². The topological polar surface area (TPSA) is 67.9 Å². The molecule has 186 valence electrons. The minimum Gasteiger partial charge on any atom is -0.465 e.